The van der Waals surface area contributed by atoms with Crippen LogP contribution in [0.4, 0.5) is 0 Å². The van der Waals surface area contributed by atoms with Crippen molar-refractivity contribution in [2.75, 3.05) is 5.75 Å². The third-order valence-corrected chi connectivity index (χ3v) is 6.24. The van der Waals surface area contributed by atoms with Crippen molar-refractivity contribution in [1.29, 1.82) is 0 Å². The zero-order valence-electron chi connectivity index (χ0n) is 15.9. The third-order valence-electron chi connectivity index (χ3n) is 4.41. The number of rotatable bonds is 6. The molecule has 0 saturated carbocycles. The van der Waals surface area contributed by atoms with Gasteiger partial charge in [0.2, 0.25) is 5.91 Å². The van der Waals surface area contributed by atoms with Gasteiger partial charge in [-0.1, -0.05) is 30.8 Å². The smallest absolute Gasteiger partial charge is 0.276 e. The van der Waals surface area contributed by atoms with Gasteiger partial charge in [-0.25, -0.2) is 4.98 Å². The van der Waals surface area contributed by atoms with Crippen LogP contribution in [0.5, 0.6) is 0 Å². The molecule has 0 aliphatic heterocycles. The van der Waals surface area contributed by atoms with Crippen molar-refractivity contribution >= 4 is 39.2 Å². The fraction of sp³-hybridized carbons (Fsp3) is 0.350. The van der Waals surface area contributed by atoms with Crippen LogP contribution in [0.25, 0.3) is 15.9 Å². The number of carbonyl (C=O) groups excluding carboxylic acids is 1. The minimum atomic E-state index is -0.0893. The molecule has 1 N–H and O–H groups in total. The minimum absolute atomic E-state index is 0.0541. The normalized spacial score (nSPS) is 12.3. The van der Waals surface area contributed by atoms with Crippen molar-refractivity contribution in [2.24, 2.45) is 0 Å². The molecule has 3 aromatic rings. The van der Waals surface area contributed by atoms with E-state index in [1.54, 1.807) is 4.57 Å². The highest BCUT2D eigenvalue weighted by Gasteiger charge is 2.17. The van der Waals surface area contributed by atoms with Crippen molar-refractivity contribution in [3.63, 3.8) is 0 Å². The molecule has 0 fully saturated rings. The van der Waals surface area contributed by atoms with Gasteiger partial charge in [-0.15, -0.1) is 11.3 Å². The summed E-state index contributed by atoms with van der Waals surface area (Å²) in [5.41, 5.74) is 3.46. The average molecular weight is 402 g/mol. The standard InChI is InChI=1S/C20H23N3O2S2/c1-5-14(4)21-17(24)11-27-20-22-15-8-9-26-18(15)19(25)23(20)16-10-12(2)6-7-13(16)3/h6-10,14H,5,11H2,1-4H3,(H,21,24)/t14-/m0/s1. The van der Waals surface area contributed by atoms with Gasteiger partial charge in [0.25, 0.3) is 5.56 Å². The molecule has 0 aliphatic rings. The Bertz CT molecular complexity index is 1040. The summed E-state index contributed by atoms with van der Waals surface area (Å²) in [6.07, 6.45) is 0.878. The van der Waals surface area contributed by atoms with E-state index in [9.17, 15) is 9.59 Å². The maximum absolute atomic E-state index is 13.2. The number of fused-ring (bicyclic) bond motifs is 1. The molecule has 2 heterocycles. The van der Waals surface area contributed by atoms with Crippen molar-refractivity contribution in [1.82, 2.24) is 14.9 Å². The molecule has 1 aromatic carbocycles. The Morgan fingerprint density at radius 2 is 2.11 bits per heavy atom. The van der Waals surface area contributed by atoms with Gasteiger partial charge >= 0.3 is 0 Å². The second-order valence-electron chi connectivity index (χ2n) is 6.63. The number of thiophene rings is 1. The fourth-order valence-corrected chi connectivity index (χ4v) is 4.29. The number of carbonyl (C=O) groups is 1. The van der Waals surface area contributed by atoms with E-state index in [1.807, 2.05) is 57.3 Å². The summed E-state index contributed by atoms with van der Waals surface area (Å²) in [4.78, 5) is 30.0. The number of nitrogens with one attached hydrogen (secondary N) is 1. The number of hydrogen-bond acceptors (Lipinski definition) is 5. The maximum atomic E-state index is 13.2. The van der Waals surface area contributed by atoms with Crippen LogP contribution in [0.2, 0.25) is 0 Å². The summed E-state index contributed by atoms with van der Waals surface area (Å²) in [5, 5.41) is 5.37. The van der Waals surface area contributed by atoms with Crippen LogP contribution >= 0.6 is 23.1 Å². The first-order chi connectivity index (χ1) is 12.9. The third kappa shape index (κ3) is 4.25. The number of aromatic nitrogens is 2. The Morgan fingerprint density at radius 1 is 1.33 bits per heavy atom. The first-order valence-electron chi connectivity index (χ1n) is 8.90. The van der Waals surface area contributed by atoms with Crippen LogP contribution in [-0.4, -0.2) is 27.3 Å². The predicted molar refractivity (Wildman–Crippen MR) is 113 cm³/mol. The average Bonchev–Trinajstić information content (AvgIpc) is 3.11. The molecule has 0 unspecified atom stereocenters. The number of nitrogens with zero attached hydrogens (tertiary/aromatic N) is 2. The number of thioether (sulfide) groups is 1. The molecule has 7 heteroatoms. The summed E-state index contributed by atoms with van der Waals surface area (Å²) in [6.45, 7) is 7.98. The molecule has 142 valence electrons. The lowest BCUT2D eigenvalue weighted by Gasteiger charge is -2.15. The predicted octanol–water partition coefficient (Wildman–Crippen LogP) is 4.07. The van der Waals surface area contributed by atoms with E-state index in [-0.39, 0.29) is 23.3 Å². The summed E-state index contributed by atoms with van der Waals surface area (Å²) in [6, 6.07) is 7.98. The highest BCUT2D eigenvalue weighted by molar-refractivity contribution is 7.99. The van der Waals surface area contributed by atoms with Crippen molar-refractivity contribution in [3.8, 4) is 5.69 Å². The molecule has 0 bridgehead atoms. The lowest BCUT2D eigenvalue weighted by Crippen LogP contribution is -2.33. The van der Waals surface area contributed by atoms with E-state index in [0.717, 1.165) is 23.2 Å². The van der Waals surface area contributed by atoms with Gasteiger partial charge in [0.1, 0.15) is 4.70 Å². The second kappa shape index (κ2) is 8.27. The Hall–Kier alpha value is -2.12. The van der Waals surface area contributed by atoms with Crippen LogP contribution in [0.1, 0.15) is 31.4 Å². The number of aryl methyl sites for hydroxylation is 2. The highest BCUT2D eigenvalue weighted by Crippen LogP contribution is 2.25. The second-order valence-corrected chi connectivity index (χ2v) is 8.48. The monoisotopic (exact) mass is 401 g/mol. The van der Waals surface area contributed by atoms with Gasteiger partial charge in [0.15, 0.2) is 5.16 Å². The molecule has 2 aromatic heterocycles. The van der Waals surface area contributed by atoms with Crippen LogP contribution < -0.4 is 10.9 Å². The van der Waals surface area contributed by atoms with E-state index in [0.29, 0.717) is 15.4 Å². The van der Waals surface area contributed by atoms with Gasteiger partial charge in [0.05, 0.1) is 17.0 Å². The first kappa shape index (κ1) is 19.6. The Morgan fingerprint density at radius 3 is 2.85 bits per heavy atom. The van der Waals surface area contributed by atoms with Crippen molar-refractivity contribution in [3.05, 3.63) is 51.1 Å². The highest BCUT2D eigenvalue weighted by atomic mass is 32.2. The Labute approximate surface area is 166 Å². The molecule has 5 nitrogen and oxygen atoms in total. The molecule has 0 radical (unpaired) electrons. The summed E-state index contributed by atoms with van der Waals surface area (Å²) < 4.78 is 2.27. The van der Waals surface area contributed by atoms with Gasteiger partial charge in [-0.2, -0.15) is 0 Å². The zero-order chi connectivity index (χ0) is 19.6. The van der Waals surface area contributed by atoms with Gasteiger partial charge < -0.3 is 5.32 Å². The minimum Gasteiger partial charge on any atom is -0.353 e. The van der Waals surface area contributed by atoms with Crippen LogP contribution in [0.3, 0.4) is 0 Å². The SMILES string of the molecule is CC[C@H](C)NC(=O)CSc1nc2ccsc2c(=O)n1-c1cc(C)ccc1C. The van der Waals surface area contributed by atoms with E-state index >= 15 is 0 Å². The van der Waals surface area contributed by atoms with Crippen LogP contribution in [-0.2, 0) is 4.79 Å². The van der Waals surface area contributed by atoms with Gasteiger partial charge in [-0.05, 0) is 55.8 Å². The first-order valence-corrected chi connectivity index (χ1v) is 10.8. The molecule has 0 saturated heterocycles. The van der Waals surface area contributed by atoms with Crippen LogP contribution in [0.15, 0.2) is 39.6 Å². The van der Waals surface area contributed by atoms with E-state index in [2.05, 4.69) is 10.3 Å². The van der Waals surface area contributed by atoms with E-state index < -0.39 is 0 Å². The number of hydrogen-bond donors (Lipinski definition) is 1. The van der Waals surface area contributed by atoms with Crippen molar-refractivity contribution in [2.45, 2.75) is 45.3 Å². The summed E-state index contributed by atoms with van der Waals surface area (Å²) in [5.74, 6) is 0.165. The fourth-order valence-electron chi connectivity index (χ4n) is 2.71. The molecule has 0 spiro atoms. The topological polar surface area (TPSA) is 64.0 Å². The lowest BCUT2D eigenvalue weighted by molar-refractivity contribution is -0.119. The molecule has 0 aliphatic carbocycles. The number of benzene rings is 1. The molecular weight excluding hydrogens is 378 g/mol. The zero-order valence-corrected chi connectivity index (χ0v) is 17.5. The van der Waals surface area contributed by atoms with Gasteiger partial charge in [0, 0.05) is 6.04 Å². The Balaban J connectivity index is 2.04. The lowest BCUT2D eigenvalue weighted by atomic mass is 10.1. The quantitative estimate of drug-likeness (QED) is 0.499. The Kier molecular flexibility index (Phi) is 6.01. The molecule has 27 heavy (non-hydrogen) atoms. The molecule has 1 atom stereocenters. The van der Waals surface area contributed by atoms with Crippen molar-refractivity contribution < 1.29 is 4.79 Å². The van der Waals surface area contributed by atoms with Gasteiger partial charge in [-0.3, -0.25) is 14.2 Å². The molecule has 3 rings (SSSR count). The van der Waals surface area contributed by atoms with Crippen LogP contribution in [0, 0.1) is 13.8 Å². The molecular formula is C20H23N3O2S2. The number of amides is 1. The molecule has 1 amide bonds. The van der Waals surface area contributed by atoms with E-state index in [1.165, 1.54) is 23.1 Å². The van der Waals surface area contributed by atoms with E-state index in [4.69, 9.17) is 0 Å². The maximum Gasteiger partial charge on any atom is 0.276 e. The summed E-state index contributed by atoms with van der Waals surface area (Å²) in [7, 11) is 0. The largest absolute Gasteiger partial charge is 0.353 e. The summed E-state index contributed by atoms with van der Waals surface area (Å²) >= 11 is 2.69.